The van der Waals surface area contributed by atoms with Crippen LogP contribution in [0.5, 0.6) is 0 Å². The van der Waals surface area contributed by atoms with Crippen LogP contribution in [0.1, 0.15) is 23.1 Å². The average molecular weight is 365 g/mol. The van der Waals surface area contributed by atoms with E-state index in [1.54, 1.807) is 0 Å². The van der Waals surface area contributed by atoms with E-state index in [-0.39, 0.29) is 18.2 Å². The summed E-state index contributed by atoms with van der Waals surface area (Å²) in [6.45, 7) is 4.13. The molecule has 2 aromatic heterocycles. The van der Waals surface area contributed by atoms with Crippen molar-refractivity contribution in [1.29, 1.82) is 0 Å². The first-order valence-electron chi connectivity index (χ1n) is 9.78. The fourth-order valence-corrected chi connectivity index (χ4v) is 5.40. The number of aliphatic hydroxyl groups excluding tert-OH is 1. The highest BCUT2D eigenvalue weighted by molar-refractivity contribution is 5.83. The van der Waals surface area contributed by atoms with Crippen LogP contribution in [-0.4, -0.2) is 47.3 Å². The summed E-state index contributed by atoms with van der Waals surface area (Å²) in [6.07, 6.45) is 2.90. The molecule has 0 bridgehead atoms. The molecule has 0 aliphatic carbocycles. The standard InChI is InChI=1S/C22H27N3O2/c1-14-7-8-20(27-14)21-17-11-25(2)12-18(17)22(13-26,24-21)9-15-10-23-19-6-4-3-5-16(15)19/h3-8,10,17-18,21,23-24,26H,9,11-13H2,1-2H3/t17-,18+,21+,22+/m1/s1. The zero-order chi connectivity index (χ0) is 18.6. The summed E-state index contributed by atoms with van der Waals surface area (Å²) in [4.78, 5) is 5.77. The predicted octanol–water partition coefficient (Wildman–Crippen LogP) is 2.87. The quantitative estimate of drug-likeness (QED) is 0.665. The van der Waals surface area contributed by atoms with E-state index in [0.29, 0.717) is 11.8 Å². The van der Waals surface area contributed by atoms with Gasteiger partial charge < -0.3 is 19.4 Å². The van der Waals surface area contributed by atoms with E-state index >= 15 is 0 Å². The number of likely N-dealkylation sites (tertiary alicyclic amines) is 1. The van der Waals surface area contributed by atoms with Crippen LogP contribution in [0.4, 0.5) is 0 Å². The molecular weight excluding hydrogens is 338 g/mol. The number of furan rings is 1. The number of aryl methyl sites for hydroxylation is 1. The maximum absolute atomic E-state index is 10.6. The molecule has 2 aliphatic rings. The second-order valence-corrected chi connectivity index (χ2v) is 8.41. The maximum Gasteiger partial charge on any atom is 0.121 e. The van der Waals surface area contributed by atoms with Gasteiger partial charge in [0, 0.05) is 36.1 Å². The number of nitrogens with one attached hydrogen (secondary N) is 2. The topological polar surface area (TPSA) is 64.4 Å². The molecule has 5 rings (SSSR count). The molecule has 4 atom stereocenters. The van der Waals surface area contributed by atoms with Gasteiger partial charge in [-0.25, -0.2) is 0 Å². The lowest BCUT2D eigenvalue weighted by atomic mass is 9.77. The first-order chi connectivity index (χ1) is 13.1. The summed E-state index contributed by atoms with van der Waals surface area (Å²) in [6, 6.07) is 12.7. The van der Waals surface area contributed by atoms with Gasteiger partial charge >= 0.3 is 0 Å². The smallest absolute Gasteiger partial charge is 0.121 e. The Morgan fingerprint density at radius 3 is 2.85 bits per heavy atom. The highest BCUT2D eigenvalue weighted by Crippen LogP contribution is 2.48. The monoisotopic (exact) mass is 365 g/mol. The zero-order valence-electron chi connectivity index (χ0n) is 15.9. The average Bonchev–Trinajstić information content (AvgIpc) is 3.41. The molecule has 0 spiro atoms. The minimum absolute atomic E-state index is 0.123. The molecule has 142 valence electrons. The van der Waals surface area contributed by atoms with Crippen molar-refractivity contribution in [2.24, 2.45) is 11.8 Å². The normalized spacial score (nSPS) is 31.0. The molecule has 0 radical (unpaired) electrons. The third kappa shape index (κ3) is 2.64. The number of hydrogen-bond donors (Lipinski definition) is 3. The third-order valence-corrected chi connectivity index (χ3v) is 6.66. The maximum atomic E-state index is 10.6. The lowest BCUT2D eigenvalue weighted by Gasteiger charge is -2.34. The molecule has 2 aliphatic heterocycles. The third-order valence-electron chi connectivity index (χ3n) is 6.66. The second kappa shape index (κ2) is 6.23. The number of aromatic nitrogens is 1. The number of aromatic amines is 1. The highest BCUT2D eigenvalue weighted by Gasteiger charge is 2.57. The van der Waals surface area contributed by atoms with Gasteiger partial charge in [0.15, 0.2) is 0 Å². The van der Waals surface area contributed by atoms with Crippen LogP contribution in [0.25, 0.3) is 10.9 Å². The molecule has 2 fully saturated rings. The highest BCUT2D eigenvalue weighted by atomic mass is 16.3. The van der Waals surface area contributed by atoms with Crippen molar-refractivity contribution in [3.63, 3.8) is 0 Å². The molecule has 0 unspecified atom stereocenters. The zero-order valence-corrected chi connectivity index (χ0v) is 15.9. The van der Waals surface area contributed by atoms with Crippen molar-refractivity contribution in [3.05, 3.63) is 59.7 Å². The lowest BCUT2D eigenvalue weighted by molar-refractivity contribution is 0.129. The van der Waals surface area contributed by atoms with Gasteiger partial charge in [-0.2, -0.15) is 0 Å². The van der Waals surface area contributed by atoms with E-state index in [1.807, 2.05) is 13.0 Å². The summed E-state index contributed by atoms with van der Waals surface area (Å²) >= 11 is 0. The molecule has 5 heteroatoms. The van der Waals surface area contributed by atoms with Crippen LogP contribution < -0.4 is 5.32 Å². The van der Waals surface area contributed by atoms with E-state index in [4.69, 9.17) is 4.42 Å². The van der Waals surface area contributed by atoms with Crippen LogP contribution >= 0.6 is 0 Å². The van der Waals surface area contributed by atoms with Crippen molar-refractivity contribution in [1.82, 2.24) is 15.2 Å². The van der Waals surface area contributed by atoms with Gasteiger partial charge in [-0.15, -0.1) is 0 Å². The number of rotatable bonds is 4. The number of hydrogen-bond acceptors (Lipinski definition) is 4. The molecule has 27 heavy (non-hydrogen) atoms. The second-order valence-electron chi connectivity index (χ2n) is 8.41. The first kappa shape index (κ1) is 17.0. The number of aliphatic hydroxyl groups is 1. The molecule has 1 aromatic carbocycles. The van der Waals surface area contributed by atoms with Crippen LogP contribution in [0, 0.1) is 18.8 Å². The Kier molecular flexibility index (Phi) is 3.93. The summed E-state index contributed by atoms with van der Waals surface area (Å²) in [5, 5.41) is 15.6. The largest absolute Gasteiger partial charge is 0.465 e. The minimum Gasteiger partial charge on any atom is -0.465 e. The molecule has 5 nitrogen and oxygen atoms in total. The molecule has 0 amide bonds. The van der Waals surface area contributed by atoms with Gasteiger partial charge in [0.05, 0.1) is 18.2 Å². The lowest BCUT2D eigenvalue weighted by Crippen LogP contribution is -2.52. The van der Waals surface area contributed by atoms with E-state index in [1.165, 1.54) is 10.9 Å². The Labute approximate surface area is 159 Å². The van der Waals surface area contributed by atoms with Crippen LogP contribution in [-0.2, 0) is 6.42 Å². The molecular formula is C22H27N3O2. The van der Waals surface area contributed by atoms with Crippen molar-refractivity contribution in [2.45, 2.75) is 24.9 Å². The van der Waals surface area contributed by atoms with Crippen molar-refractivity contribution in [3.8, 4) is 0 Å². The van der Waals surface area contributed by atoms with E-state index in [0.717, 1.165) is 36.5 Å². The summed E-state index contributed by atoms with van der Waals surface area (Å²) in [5.41, 5.74) is 2.07. The number of H-pyrrole nitrogens is 1. The molecule has 2 saturated heterocycles. The van der Waals surface area contributed by atoms with Crippen LogP contribution in [0.2, 0.25) is 0 Å². The molecule has 3 aromatic rings. The first-order valence-corrected chi connectivity index (χ1v) is 9.78. The van der Waals surface area contributed by atoms with Crippen molar-refractivity contribution >= 4 is 10.9 Å². The summed E-state index contributed by atoms with van der Waals surface area (Å²) < 4.78 is 5.99. The van der Waals surface area contributed by atoms with Crippen LogP contribution in [0.3, 0.4) is 0 Å². The van der Waals surface area contributed by atoms with Crippen LogP contribution in [0.15, 0.2) is 47.0 Å². The summed E-state index contributed by atoms with van der Waals surface area (Å²) in [5.74, 6) is 2.76. The van der Waals surface area contributed by atoms with Gasteiger partial charge in [0.1, 0.15) is 11.5 Å². The van der Waals surface area contributed by atoms with E-state index in [2.05, 4.69) is 58.8 Å². The van der Waals surface area contributed by atoms with Gasteiger partial charge in [0.25, 0.3) is 0 Å². The number of benzene rings is 1. The molecule has 0 saturated carbocycles. The van der Waals surface area contributed by atoms with E-state index < -0.39 is 0 Å². The number of para-hydroxylation sites is 1. The fraction of sp³-hybridized carbons (Fsp3) is 0.455. The number of fused-ring (bicyclic) bond motifs is 2. The Bertz CT molecular complexity index is 961. The Hall–Kier alpha value is -2.08. The molecule has 4 heterocycles. The van der Waals surface area contributed by atoms with Crippen molar-refractivity contribution in [2.75, 3.05) is 26.7 Å². The van der Waals surface area contributed by atoms with E-state index in [9.17, 15) is 5.11 Å². The Balaban J connectivity index is 1.54. The summed E-state index contributed by atoms with van der Waals surface area (Å²) in [7, 11) is 2.18. The van der Waals surface area contributed by atoms with Crippen molar-refractivity contribution < 1.29 is 9.52 Å². The SMILES string of the molecule is Cc1ccc([C@H]2N[C@](CO)(Cc3c[nH]c4ccccc34)[C@H]3CN(C)C[C@@H]23)o1. The fourth-order valence-electron chi connectivity index (χ4n) is 5.40. The van der Waals surface area contributed by atoms with Gasteiger partial charge in [0.2, 0.25) is 0 Å². The Morgan fingerprint density at radius 2 is 2.07 bits per heavy atom. The molecule has 3 N–H and O–H groups in total. The number of nitrogens with zero attached hydrogens (tertiary/aromatic N) is 1. The van der Waals surface area contributed by atoms with Gasteiger partial charge in [-0.1, -0.05) is 18.2 Å². The van der Waals surface area contributed by atoms with Gasteiger partial charge in [-0.3, -0.25) is 5.32 Å². The van der Waals surface area contributed by atoms with Gasteiger partial charge in [-0.05, 0) is 50.1 Å². The predicted molar refractivity (Wildman–Crippen MR) is 106 cm³/mol. The minimum atomic E-state index is -0.342. The Morgan fingerprint density at radius 1 is 1.22 bits per heavy atom.